The van der Waals surface area contributed by atoms with E-state index in [-0.39, 0.29) is 5.25 Å². The molecule has 1 aromatic heterocycles. The van der Waals surface area contributed by atoms with E-state index in [1.165, 1.54) is 6.26 Å². The molecule has 1 saturated heterocycles. The number of ether oxygens (including phenoxy) is 4. The minimum Gasteiger partial charge on any atom is -0.378 e. The fraction of sp³-hybridized carbons (Fsp3) is 0.889. The highest BCUT2D eigenvalue weighted by atomic mass is 32.2. The standard InChI is InChI=1S/C18H35N5O6S/c1-16-18(15-22-13-17(14-22)30(2,24)25)20-21-23(16)4-6-27-8-10-29-12-11-28-9-7-26-5-3-19/h17H,3-15,19H2,1-2H3. The maximum Gasteiger partial charge on any atom is 0.152 e. The lowest BCUT2D eigenvalue weighted by molar-refractivity contribution is -0.00204. The molecule has 0 saturated carbocycles. The van der Waals surface area contributed by atoms with E-state index in [9.17, 15) is 8.42 Å². The number of nitrogens with zero attached hydrogens (tertiary/aromatic N) is 4. The van der Waals surface area contributed by atoms with E-state index in [1.807, 2.05) is 11.6 Å². The quantitative estimate of drug-likeness (QED) is 0.291. The minimum absolute atomic E-state index is 0.259. The van der Waals surface area contributed by atoms with Crippen molar-refractivity contribution in [2.24, 2.45) is 5.73 Å². The zero-order chi connectivity index (χ0) is 21.8. The summed E-state index contributed by atoms with van der Waals surface area (Å²) >= 11 is 0. The van der Waals surface area contributed by atoms with Gasteiger partial charge in [0.1, 0.15) is 0 Å². The van der Waals surface area contributed by atoms with Crippen LogP contribution in [0.25, 0.3) is 0 Å². The molecule has 0 aliphatic carbocycles. The number of rotatable bonds is 17. The van der Waals surface area contributed by atoms with Crippen LogP contribution in [-0.2, 0) is 41.9 Å². The molecule has 11 nitrogen and oxygen atoms in total. The normalized spacial score (nSPS) is 15.6. The fourth-order valence-electron chi connectivity index (χ4n) is 2.89. The molecule has 174 valence electrons. The van der Waals surface area contributed by atoms with E-state index in [0.29, 0.717) is 85.6 Å². The highest BCUT2D eigenvalue weighted by molar-refractivity contribution is 7.91. The minimum atomic E-state index is -2.95. The first-order valence-electron chi connectivity index (χ1n) is 10.2. The van der Waals surface area contributed by atoms with E-state index in [0.717, 1.165) is 11.4 Å². The van der Waals surface area contributed by atoms with E-state index in [1.54, 1.807) is 0 Å². The van der Waals surface area contributed by atoms with Gasteiger partial charge in [-0.25, -0.2) is 13.1 Å². The van der Waals surface area contributed by atoms with Gasteiger partial charge < -0.3 is 24.7 Å². The Kier molecular flexibility index (Phi) is 11.1. The number of hydrogen-bond acceptors (Lipinski definition) is 10. The van der Waals surface area contributed by atoms with E-state index >= 15 is 0 Å². The van der Waals surface area contributed by atoms with Gasteiger partial charge in [-0.3, -0.25) is 4.90 Å². The monoisotopic (exact) mass is 449 g/mol. The first kappa shape index (κ1) is 25.1. The second kappa shape index (κ2) is 13.3. The summed E-state index contributed by atoms with van der Waals surface area (Å²) in [6.07, 6.45) is 1.29. The van der Waals surface area contributed by atoms with Crippen molar-refractivity contribution in [3.8, 4) is 0 Å². The summed E-state index contributed by atoms with van der Waals surface area (Å²) < 4.78 is 46.4. The van der Waals surface area contributed by atoms with Crippen molar-refractivity contribution in [1.82, 2.24) is 19.9 Å². The molecule has 0 unspecified atom stereocenters. The summed E-state index contributed by atoms with van der Waals surface area (Å²) in [6.45, 7) is 9.02. The van der Waals surface area contributed by atoms with Gasteiger partial charge in [-0.2, -0.15) is 0 Å². The summed E-state index contributed by atoms with van der Waals surface area (Å²) in [5.74, 6) is 0. The van der Waals surface area contributed by atoms with Crippen LogP contribution >= 0.6 is 0 Å². The van der Waals surface area contributed by atoms with Crippen molar-refractivity contribution in [1.29, 1.82) is 0 Å². The molecule has 0 spiro atoms. The predicted molar refractivity (Wildman–Crippen MR) is 111 cm³/mol. The topological polar surface area (TPSA) is 131 Å². The third kappa shape index (κ3) is 8.92. The van der Waals surface area contributed by atoms with Gasteiger partial charge >= 0.3 is 0 Å². The van der Waals surface area contributed by atoms with Crippen LogP contribution in [0.5, 0.6) is 0 Å². The first-order valence-corrected chi connectivity index (χ1v) is 12.2. The average Bonchev–Trinajstić information content (AvgIpc) is 3.00. The molecule has 12 heteroatoms. The first-order chi connectivity index (χ1) is 14.4. The average molecular weight is 450 g/mol. The largest absolute Gasteiger partial charge is 0.378 e. The van der Waals surface area contributed by atoms with E-state index in [4.69, 9.17) is 24.7 Å². The van der Waals surface area contributed by atoms with Gasteiger partial charge in [0, 0.05) is 32.4 Å². The molecule has 30 heavy (non-hydrogen) atoms. The maximum absolute atomic E-state index is 11.5. The SMILES string of the molecule is Cc1c(CN2CC(S(C)(=O)=O)C2)nnn1CCOCCOCCOCCOCCN. The Hall–Kier alpha value is -1.15. The van der Waals surface area contributed by atoms with Crippen LogP contribution in [0.4, 0.5) is 0 Å². The van der Waals surface area contributed by atoms with Crippen LogP contribution in [0.1, 0.15) is 11.4 Å². The molecule has 2 heterocycles. The molecule has 0 atom stereocenters. The lowest BCUT2D eigenvalue weighted by Gasteiger charge is -2.37. The smallest absolute Gasteiger partial charge is 0.152 e. The van der Waals surface area contributed by atoms with Gasteiger partial charge in [0.2, 0.25) is 0 Å². The van der Waals surface area contributed by atoms with E-state index < -0.39 is 9.84 Å². The Morgan fingerprint density at radius 2 is 1.50 bits per heavy atom. The van der Waals surface area contributed by atoms with Crippen LogP contribution in [0.3, 0.4) is 0 Å². The summed E-state index contributed by atoms with van der Waals surface area (Å²) in [5, 5.41) is 8.12. The van der Waals surface area contributed by atoms with Gasteiger partial charge in [0.05, 0.1) is 76.0 Å². The molecule has 0 bridgehead atoms. The molecule has 1 fully saturated rings. The van der Waals surface area contributed by atoms with Gasteiger partial charge in [-0.05, 0) is 6.92 Å². The van der Waals surface area contributed by atoms with Crippen LogP contribution in [0.15, 0.2) is 0 Å². The van der Waals surface area contributed by atoms with Crippen LogP contribution in [-0.4, -0.2) is 112 Å². The lowest BCUT2D eigenvalue weighted by Crippen LogP contribution is -2.53. The molecule has 1 aromatic rings. The zero-order valence-electron chi connectivity index (χ0n) is 18.0. The number of nitrogens with two attached hydrogens (primary N) is 1. The fourth-order valence-corrected chi connectivity index (χ4v) is 3.85. The number of aromatic nitrogens is 3. The molecular formula is C18H35N5O6S. The van der Waals surface area contributed by atoms with Crippen molar-refractivity contribution in [2.75, 3.05) is 78.7 Å². The van der Waals surface area contributed by atoms with Crippen LogP contribution in [0.2, 0.25) is 0 Å². The predicted octanol–water partition coefficient (Wildman–Crippen LogP) is -1.16. The second-order valence-electron chi connectivity index (χ2n) is 7.23. The number of sulfone groups is 1. The van der Waals surface area contributed by atoms with Crippen molar-refractivity contribution in [3.05, 3.63) is 11.4 Å². The Morgan fingerprint density at radius 1 is 0.967 bits per heavy atom. The van der Waals surface area contributed by atoms with Crippen molar-refractivity contribution in [3.63, 3.8) is 0 Å². The summed E-state index contributed by atoms with van der Waals surface area (Å²) in [4.78, 5) is 2.07. The Labute approximate surface area is 178 Å². The van der Waals surface area contributed by atoms with Gasteiger partial charge in [-0.15, -0.1) is 5.10 Å². The van der Waals surface area contributed by atoms with Crippen molar-refractivity contribution < 1.29 is 27.4 Å². The molecule has 2 rings (SSSR count). The third-order valence-electron chi connectivity index (χ3n) is 4.81. The lowest BCUT2D eigenvalue weighted by atomic mass is 10.2. The third-order valence-corrected chi connectivity index (χ3v) is 6.32. The Bertz CT molecular complexity index is 708. The summed E-state index contributed by atoms with van der Waals surface area (Å²) in [7, 11) is -2.95. The Balaban J connectivity index is 1.47. The van der Waals surface area contributed by atoms with Gasteiger partial charge in [-0.1, -0.05) is 5.21 Å². The number of likely N-dealkylation sites (tertiary alicyclic amines) is 1. The van der Waals surface area contributed by atoms with Gasteiger partial charge in [0.25, 0.3) is 0 Å². The highest BCUT2D eigenvalue weighted by Gasteiger charge is 2.34. The maximum atomic E-state index is 11.5. The van der Waals surface area contributed by atoms with Crippen molar-refractivity contribution in [2.45, 2.75) is 25.3 Å². The molecule has 1 aliphatic heterocycles. The van der Waals surface area contributed by atoms with E-state index in [2.05, 4.69) is 15.2 Å². The van der Waals surface area contributed by atoms with Crippen LogP contribution < -0.4 is 5.73 Å². The van der Waals surface area contributed by atoms with Crippen molar-refractivity contribution >= 4 is 9.84 Å². The number of hydrogen-bond donors (Lipinski definition) is 1. The second-order valence-corrected chi connectivity index (χ2v) is 9.55. The molecule has 0 radical (unpaired) electrons. The molecule has 0 aromatic carbocycles. The summed E-state index contributed by atoms with van der Waals surface area (Å²) in [5.41, 5.74) is 7.17. The molecule has 1 aliphatic rings. The molecule has 0 amide bonds. The van der Waals surface area contributed by atoms with Gasteiger partial charge in [0.15, 0.2) is 9.84 Å². The zero-order valence-corrected chi connectivity index (χ0v) is 18.8. The molecular weight excluding hydrogens is 414 g/mol. The Morgan fingerprint density at radius 3 is 2.03 bits per heavy atom. The highest BCUT2D eigenvalue weighted by Crippen LogP contribution is 2.18. The van der Waals surface area contributed by atoms with Crippen LogP contribution in [0, 0.1) is 6.92 Å². The summed E-state index contributed by atoms with van der Waals surface area (Å²) in [6, 6.07) is 0. The molecule has 2 N–H and O–H groups in total.